The number of hydrogen-bond donors (Lipinski definition) is 1. The summed E-state index contributed by atoms with van der Waals surface area (Å²) in [7, 11) is 1.98. The predicted octanol–water partition coefficient (Wildman–Crippen LogP) is 2.80. The van der Waals surface area contributed by atoms with Crippen molar-refractivity contribution in [2.75, 3.05) is 7.05 Å². The molecule has 3 heteroatoms. The van der Waals surface area contributed by atoms with Crippen molar-refractivity contribution < 1.29 is 0 Å². The second-order valence-electron chi connectivity index (χ2n) is 4.62. The third-order valence-corrected chi connectivity index (χ3v) is 3.54. The van der Waals surface area contributed by atoms with E-state index in [9.17, 15) is 0 Å². The maximum atomic E-state index is 4.65. The predicted molar refractivity (Wildman–Crippen MR) is 62.7 cm³/mol. The highest BCUT2D eigenvalue weighted by Gasteiger charge is 2.21. The minimum absolute atomic E-state index is 0.000103. The Kier molecular flexibility index (Phi) is 3.67. The van der Waals surface area contributed by atoms with Crippen LogP contribution in [0.3, 0.4) is 0 Å². The van der Waals surface area contributed by atoms with Crippen LogP contribution in [-0.2, 0) is 12.0 Å². The SMILES string of the molecule is CNC(C)(C)c1nc(CC(C)C)cs1. The van der Waals surface area contributed by atoms with Gasteiger partial charge in [-0.15, -0.1) is 11.3 Å². The molecule has 0 spiro atoms. The average molecular weight is 212 g/mol. The fraction of sp³-hybridized carbons (Fsp3) is 0.727. The molecular formula is C11H20N2S. The Morgan fingerprint density at radius 3 is 2.64 bits per heavy atom. The largest absolute Gasteiger partial charge is 0.309 e. The Morgan fingerprint density at radius 2 is 2.14 bits per heavy atom. The molecule has 14 heavy (non-hydrogen) atoms. The molecule has 0 saturated heterocycles. The van der Waals surface area contributed by atoms with Crippen LogP contribution in [0.15, 0.2) is 5.38 Å². The summed E-state index contributed by atoms with van der Waals surface area (Å²) in [4.78, 5) is 4.65. The summed E-state index contributed by atoms with van der Waals surface area (Å²) in [6, 6.07) is 0. The van der Waals surface area contributed by atoms with Crippen LogP contribution in [0.2, 0.25) is 0 Å². The highest BCUT2D eigenvalue weighted by Crippen LogP contribution is 2.24. The van der Waals surface area contributed by atoms with E-state index in [-0.39, 0.29) is 5.54 Å². The Bertz CT molecular complexity index is 289. The zero-order valence-electron chi connectivity index (χ0n) is 9.72. The van der Waals surface area contributed by atoms with Gasteiger partial charge in [0.05, 0.1) is 11.2 Å². The lowest BCUT2D eigenvalue weighted by molar-refractivity contribution is 0.440. The van der Waals surface area contributed by atoms with E-state index >= 15 is 0 Å². The Labute approximate surface area is 90.8 Å². The van der Waals surface area contributed by atoms with E-state index in [0.29, 0.717) is 5.92 Å². The fourth-order valence-electron chi connectivity index (χ4n) is 1.21. The van der Waals surface area contributed by atoms with Crippen molar-refractivity contribution in [3.8, 4) is 0 Å². The molecule has 0 amide bonds. The first-order valence-corrected chi connectivity index (χ1v) is 5.97. The van der Waals surface area contributed by atoms with Gasteiger partial charge < -0.3 is 5.32 Å². The Morgan fingerprint density at radius 1 is 1.50 bits per heavy atom. The summed E-state index contributed by atoms with van der Waals surface area (Å²) in [5.74, 6) is 0.683. The van der Waals surface area contributed by atoms with Crippen molar-refractivity contribution in [2.45, 2.75) is 39.7 Å². The molecule has 80 valence electrons. The van der Waals surface area contributed by atoms with Gasteiger partial charge in [-0.3, -0.25) is 0 Å². The maximum Gasteiger partial charge on any atom is 0.112 e. The van der Waals surface area contributed by atoms with Crippen molar-refractivity contribution in [3.05, 3.63) is 16.1 Å². The fourth-order valence-corrected chi connectivity index (χ4v) is 2.18. The van der Waals surface area contributed by atoms with Crippen molar-refractivity contribution in [1.29, 1.82) is 0 Å². The first-order chi connectivity index (χ1) is 6.45. The highest BCUT2D eigenvalue weighted by molar-refractivity contribution is 7.09. The van der Waals surface area contributed by atoms with Crippen molar-refractivity contribution in [2.24, 2.45) is 5.92 Å². The maximum absolute atomic E-state index is 4.65. The summed E-state index contributed by atoms with van der Waals surface area (Å²) in [6.07, 6.45) is 1.08. The average Bonchev–Trinajstić information content (AvgIpc) is 2.52. The quantitative estimate of drug-likeness (QED) is 0.830. The molecule has 1 rings (SSSR count). The highest BCUT2D eigenvalue weighted by atomic mass is 32.1. The van der Waals surface area contributed by atoms with Crippen molar-refractivity contribution >= 4 is 11.3 Å². The summed E-state index contributed by atoms with van der Waals surface area (Å²) in [5.41, 5.74) is 1.23. The molecule has 0 radical (unpaired) electrons. The molecule has 0 aliphatic heterocycles. The minimum atomic E-state index is -0.000103. The van der Waals surface area contributed by atoms with E-state index < -0.39 is 0 Å². The Hall–Kier alpha value is -0.410. The third kappa shape index (κ3) is 2.79. The molecular weight excluding hydrogens is 192 g/mol. The van der Waals surface area contributed by atoms with Crippen molar-refractivity contribution in [1.82, 2.24) is 10.3 Å². The molecule has 0 atom stereocenters. The van der Waals surface area contributed by atoms with Gasteiger partial charge in [0.15, 0.2) is 0 Å². The second-order valence-corrected chi connectivity index (χ2v) is 5.48. The lowest BCUT2D eigenvalue weighted by atomic mass is 10.1. The zero-order valence-corrected chi connectivity index (χ0v) is 10.5. The Balaban J connectivity index is 2.77. The number of hydrogen-bond acceptors (Lipinski definition) is 3. The molecule has 1 heterocycles. The molecule has 0 unspecified atom stereocenters. The van der Waals surface area contributed by atoms with E-state index in [1.807, 2.05) is 7.05 Å². The number of thiazole rings is 1. The smallest absolute Gasteiger partial charge is 0.112 e. The topological polar surface area (TPSA) is 24.9 Å². The number of rotatable bonds is 4. The molecule has 1 aromatic rings. The van der Waals surface area contributed by atoms with Crippen LogP contribution in [-0.4, -0.2) is 12.0 Å². The van der Waals surface area contributed by atoms with Gasteiger partial charge in [0.2, 0.25) is 0 Å². The van der Waals surface area contributed by atoms with E-state index in [1.165, 1.54) is 10.7 Å². The van der Waals surface area contributed by atoms with Crippen LogP contribution in [0.4, 0.5) is 0 Å². The van der Waals surface area contributed by atoms with Gasteiger partial charge in [-0.2, -0.15) is 0 Å². The number of aromatic nitrogens is 1. The van der Waals surface area contributed by atoms with E-state index in [1.54, 1.807) is 11.3 Å². The van der Waals surface area contributed by atoms with Crippen LogP contribution < -0.4 is 5.32 Å². The summed E-state index contributed by atoms with van der Waals surface area (Å²) < 4.78 is 0. The third-order valence-electron chi connectivity index (χ3n) is 2.33. The molecule has 0 fully saturated rings. The zero-order chi connectivity index (χ0) is 10.8. The van der Waals surface area contributed by atoms with Crippen LogP contribution in [0, 0.1) is 5.92 Å². The molecule has 2 nitrogen and oxygen atoms in total. The standard InChI is InChI=1S/C11H20N2S/c1-8(2)6-9-7-14-10(13-9)11(3,4)12-5/h7-8,12H,6H2,1-5H3. The lowest BCUT2D eigenvalue weighted by Gasteiger charge is -2.20. The lowest BCUT2D eigenvalue weighted by Crippen LogP contribution is -2.32. The summed E-state index contributed by atoms with van der Waals surface area (Å²) in [5, 5.41) is 6.62. The van der Waals surface area contributed by atoms with Gasteiger partial charge in [-0.05, 0) is 33.2 Å². The molecule has 1 aromatic heterocycles. The van der Waals surface area contributed by atoms with Crippen LogP contribution in [0.5, 0.6) is 0 Å². The molecule has 0 aliphatic rings. The number of nitrogens with one attached hydrogen (secondary N) is 1. The molecule has 0 aromatic carbocycles. The first-order valence-electron chi connectivity index (χ1n) is 5.09. The second kappa shape index (κ2) is 4.41. The molecule has 0 bridgehead atoms. The first kappa shape index (κ1) is 11.7. The van der Waals surface area contributed by atoms with E-state index in [2.05, 4.69) is 43.4 Å². The number of nitrogens with zero attached hydrogens (tertiary/aromatic N) is 1. The van der Waals surface area contributed by atoms with Gasteiger partial charge >= 0.3 is 0 Å². The van der Waals surface area contributed by atoms with E-state index in [0.717, 1.165) is 6.42 Å². The van der Waals surface area contributed by atoms with Crippen molar-refractivity contribution in [3.63, 3.8) is 0 Å². The monoisotopic (exact) mass is 212 g/mol. The van der Waals surface area contributed by atoms with Gasteiger partial charge in [0, 0.05) is 5.38 Å². The normalized spacial score (nSPS) is 12.4. The van der Waals surface area contributed by atoms with Crippen LogP contribution >= 0.6 is 11.3 Å². The molecule has 0 saturated carbocycles. The minimum Gasteiger partial charge on any atom is -0.309 e. The summed E-state index contributed by atoms with van der Waals surface area (Å²) in [6.45, 7) is 8.76. The van der Waals surface area contributed by atoms with Gasteiger partial charge in [-0.1, -0.05) is 13.8 Å². The van der Waals surface area contributed by atoms with Crippen LogP contribution in [0.1, 0.15) is 38.4 Å². The summed E-state index contributed by atoms with van der Waals surface area (Å²) >= 11 is 1.75. The molecule has 0 aliphatic carbocycles. The van der Waals surface area contributed by atoms with Crippen LogP contribution in [0.25, 0.3) is 0 Å². The van der Waals surface area contributed by atoms with E-state index in [4.69, 9.17) is 0 Å². The van der Waals surface area contributed by atoms with Gasteiger partial charge in [0.25, 0.3) is 0 Å². The molecule has 1 N–H and O–H groups in total. The van der Waals surface area contributed by atoms with Gasteiger partial charge in [0.1, 0.15) is 5.01 Å². The van der Waals surface area contributed by atoms with Gasteiger partial charge in [-0.25, -0.2) is 4.98 Å².